The summed E-state index contributed by atoms with van der Waals surface area (Å²) in [7, 11) is 0. The van der Waals surface area contributed by atoms with Crippen molar-refractivity contribution in [2.75, 3.05) is 16.8 Å². The molecule has 0 aromatic heterocycles. The summed E-state index contributed by atoms with van der Waals surface area (Å²) >= 11 is 0. The molecule has 0 bridgehead atoms. The summed E-state index contributed by atoms with van der Waals surface area (Å²) in [6.07, 6.45) is 0. The molecule has 0 fully saturated rings. The van der Waals surface area contributed by atoms with Crippen LogP contribution in [0.1, 0.15) is 36.5 Å². The van der Waals surface area contributed by atoms with Gasteiger partial charge in [-0.3, -0.25) is 14.5 Å². The minimum atomic E-state index is -0.584. The van der Waals surface area contributed by atoms with Gasteiger partial charge < -0.3 is 10.4 Å². The van der Waals surface area contributed by atoms with E-state index in [0.29, 0.717) is 5.69 Å². The third kappa shape index (κ3) is 3.45. The van der Waals surface area contributed by atoms with Crippen molar-refractivity contribution in [1.29, 1.82) is 0 Å². The number of nitrogens with zero attached hydrogens (tertiary/aromatic N) is 1. The van der Waals surface area contributed by atoms with Gasteiger partial charge in [0.05, 0.1) is 12.2 Å². The average molecular weight is 364 g/mol. The van der Waals surface area contributed by atoms with Crippen molar-refractivity contribution in [3.63, 3.8) is 0 Å². The van der Waals surface area contributed by atoms with Crippen LogP contribution in [0.25, 0.3) is 0 Å². The highest BCUT2D eigenvalue weighted by Gasteiger charge is 2.37. The maximum absolute atomic E-state index is 12.9. The maximum Gasteiger partial charge on any atom is 0.267 e. The molecule has 27 heavy (non-hydrogen) atoms. The van der Waals surface area contributed by atoms with Crippen LogP contribution in [0, 0.1) is 13.8 Å². The molecular formula is C22H24N2O3. The van der Waals surface area contributed by atoms with Crippen LogP contribution in [-0.4, -0.2) is 23.5 Å². The molecular weight excluding hydrogens is 340 g/mol. The number of nitrogens with one attached hydrogen (secondary N) is 1. The van der Waals surface area contributed by atoms with E-state index < -0.39 is 11.8 Å². The standard InChI is InChI=1S/C22H24N2O3/c1-13(2)16-10-5-6-11-17(16)23-21(26)19-18(25)12-24(22(19)27)20-14(3)8-7-9-15(20)4/h5-11,13,25H,12H2,1-4H3,(H,23,26). The Balaban J connectivity index is 1.89. The third-order valence-corrected chi connectivity index (χ3v) is 4.82. The van der Waals surface area contributed by atoms with Crippen LogP contribution in [0.2, 0.25) is 0 Å². The summed E-state index contributed by atoms with van der Waals surface area (Å²) in [5.41, 5.74) is 4.00. The van der Waals surface area contributed by atoms with E-state index in [1.807, 2.05) is 64.1 Å². The lowest BCUT2D eigenvalue weighted by molar-refractivity contribution is -0.119. The van der Waals surface area contributed by atoms with Crippen molar-refractivity contribution < 1.29 is 14.7 Å². The highest BCUT2D eigenvalue weighted by molar-refractivity contribution is 6.29. The lowest BCUT2D eigenvalue weighted by Gasteiger charge is -2.21. The monoisotopic (exact) mass is 364 g/mol. The first kappa shape index (κ1) is 18.7. The number of carbonyl (C=O) groups excluding carboxylic acids is 2. The number of hydrogen-bond acceptors (Lipinski definition) is 3. The quantitative estimate of drug-likeness (QED) is 0.798. The Labute approximate surface area is 159 Å². The molecule has 2 amide bonds. The number of rotatable bonds is 4. The second-order valence-electron chi connectivity index (χ2n) is 7.15. The fourth-order valence-electron chi connectivity index (χ4n) is 3.50. The Morgan fingerprint density at radius 1 is 1.07 bits per heavy atom. The Morgan fingerprint density at radius 3 is 2.33 bits per heavy atom. The van der Waals surface area contributed by atoms with Crippen LogP contribution in [0.3, 0.4) is 0 Å². The predicted octanol–water partition coefficient (Wildman–Crippen LogP) is 4.22. The van der Waals surface area contributed by atoms with Crippen molar-refractivity contribution in [2.24, 2.45) is 0 Å². The number of para-hydroxylation sites is 2. The van der Waals surface area contributed by atoms with E-state index in [4.69, 9.17) is 0 Å². The summed E-state index contributed by atoms with van der Waals surface area (Å²) in [6, 6.07) is 13.2. The number of carbonyl (C=O) groups is 2. The van der Waals surface area contributed by atoms with Crippen LogP contribution in [0.4, 0.5) is 11.4 Å². The smallest absolute Gasteiger partial charge is 0.267 e. The summed E-state index contributed by atoms with van der Waals surface area (Å²) in [5.74, 6) is -1.06. The van der Waals surface area contributed by atoms with Gasteiger partial charge in [-0.15, -0.1) is 0 Å². The van der Waals surface area contributed by atoms with E-state index in [0.717, 1.165) is 22.4 Å². The first-order valence-electron chi connectivity index (χ1n) is 9.01. The molecule has 140 valence electrons. The zero-order valence-corrected chi connectivity index (χ0v) is 16.0. The van der Waals surface area contributed by atoms with Gasteiger partial charge in [-0.2, -0.15) is 0 Å². The molecule has 2 N–H and O–H groups in total. The molecule has 3 rings (SSSR count). The first-order chi connectivity index (χ1) is 12.8. The summed E-state index contributed by atoms with van der Waals surface area (Å²) in [5, 5.41) is 13.1. The molecule has 0 aliphatic carbocycles. The first-order valence-corrected chi connectivity index (χ1v) is 9.01. The molecule has 0 unspecified atom stereocenters. The SMILES string of the molecule is Cc1cccc(C)c1N1CC(O)=C(C(=O)Nc2ccccc2C(C)C)C1=O. The molecule has 0 radical (unpaired) electrons. The molecule has 1 aliphatic rings. The lowest BCUT2D eigenvalue weighted by atomic mass is 10.0. The fourth-order valence-corrected chi connectivity index (χ4v) is 3.50. The normalized spacial score (nSPS) is 14.3. The molecule has 5 heteroatoms. The van der Waals surface area contributed by atoms with Crippen molar-refractivity contribution in [3.05, 3.63) is 70.5 Å². The highest BCUT2D eigenvalue weighted by atomic mass is 16.3. The molecule has 2 aromatic carbocycles. The van der Waals surface area contributed by atoms with Gasteiger partial charge in [0.1, 0.15) is 11.3 Å². The van der Waals surface area contributed by atoms with Crippen LogP contribution in [0.15, 0.2) is 53.8 Å². The predicted molar refractivity (Wildman–Crippen MR) is 107 cm³/mol. The Bertz CT molecular complexity index is 924. The van der Waals surface area contributed by atoms with Gasteiger partial charge in [0.25, 0.3) is 11.8 Å². The van der Waals surface area contributed by atoms with Gasteiger partial charge in [-0.05, 0) is 42.5 Å². The van der Waals surface area contributed by atoms with E-state index in [9.17, 15) is 14.7 Å². The Kier molecular flexibility index (Phi) is 5.04. The number of hydrogen-bond donors (Lipinski definition) is 2. The third-order valence-electron chi connectivity index (χ3n) is 4.82. The molecule has 1 heterocycles. The zero-order valence-electron chi connectivity index (χ0n) is 16.0. The van der Waals surface area contributed by atoms with Crippen molar-refractivity contribution in [2.45, 2.75) is 33.6 Å². The van der Waals surface area contributed by atoms with E-state index in [1.54, 1.807) is 6.07 Å². The Morgan fingerprint density at radius 2 is 1.70 bits per heavy atom. The van der Waals surface area contributed by atoms with Crippen molar-refractivity contribution >= 4 is 23.2 Å². The van der Waals surface area contributed by atoms with Gasteiger partial charge in [-0.25, -0.2) is 0 Å². The molecule has 0 spiro atoms. The molecule has 0 saturated heterocycles. The minimum absolute atomic E-state index is 0.000886. The van der Waals surface area contributed by atoms with Gasteiger partial charge in [0, 0.05) is 5.69 Å². The summed E-state index contributed by atoms with van der Waals surface area (Å²) in [4.78, 5) is 27.2. The van der Waals surface area contributed by atoms with Gasteiger partial charge >= 0.3 is 0 Å². The number of benzene rings is 2. The second-order valence-corrected chi connectivity index (χ2v) is 7.15. The number of anilines is 2. The average Bonchev–Trinajstić information content (AvgIpc) is 2.89. The fraction of sp³-hybridized carbons (Fsp3) is 0.273. The molecule has 0 atom stereocenters. The lowest BCUT2D eigenvalue weighted by Crippen LogP contribution is -2.31. The molecule has 0 saturated carbocycles. The largest absolute Gasteiger partial charge is 0.509 e. The van der Waals surface area contributed by atoms with Gasteiger partial charge in [0.15, 0.2) is 0 Å². The van der Waals surface area contributed by atoms with Crippen LogP contribution >= 0.6 is 0 Å². The molecule has 1 aliphatic heterocycles. The zero-order chi connectivity index (χ0) is 19.7. The molecule has 5 nitrogen and oxygen atoms in total. The van der Waals surface area contributed by atoms with E-state index in [2.05, 4.69) is 5.32 Å². The van der Waals surface area contributed by atoms with Gasteiger partial charge in [-0.1, -0.05) is 50.2 Å². The summed E-state index contributed by atoms with van der Waals surface area (Å²) < 4.78 is 0. The van der Waals surface area contributed by atoms with E-state index in [-0.39, 0.29) is 23.8 Å². The molecule has 2 aromatic rings. The van der Waals surface area contributed by atoms with E-state index >= 15 is 0 Å². The second kappa shape index (κ2) is 7.27. The van der Waals surface area contributed by atoms with Crippen LogP contribution in [-0.2, 0) is 9.59 Å². The number of aliphatic hydroxyl groups is 1. The van der Waals surface area contributed by atoms with Crippen LogP contribution < -0.4 is 10.2 Å². The van der Waals surface area contributed by atoms with Gasteiger partial charge in [0.2, 0.25) is 0 Å². The number of aryl methyl sites for hydroxylation is 2. The van der Waals surface area contributed by atoms with Crippen molar-refractivity contribution in [3.8, 4) is 0 Å². The summed E-state index contributed by atoms with van der Waals surface area (Å²) in [6.45, 7) is 7.88. The van der Waals surface area contributed by atoms with Crippen molar-refractivity contribution in [1.82, 2.24) is 0 Å². The topological polar surface area (TPSA) is 69.6 Å². The maximum atomic E-state index is 12.9. The minimum Gasteiger partial charge on any atom is -0.509 e. The van der Waals surface area contributed by atoms with Crippen LogP contribution in [0.5, 0.6) is 0 Å². The Hall–Kier alpha value is -3.08. The van der Waals surface area contributed by atoms with E-state index in [1.165, 1.54) is 4.90 Å². The highest BCUT2D eigenvalue weighted by Crippen LogP contribution is 2.31. The number of aliphatic hydroxyl groups excluding tert-OH is 1. The number of amides is 2.